The van der Waals surface area contributed by atoms with Crippen LogP contribution in [-0.2, 0) is 4.79 Å². The van der Waals surface area contributed by atoms with E-state index in [-0.39, 0.29) is 29.9 Å². The van der Waals surface area contributed by atoms with E-state index in [0.29, 0.717) is 11.3 Å². The van der Waals surface area contributed by atoms with Crippen molar-refractivity contribution in [2.75, 3.05) is 17.2 Å². The molecular weight excluding hydrogens is 294 g/mol. The van der Waals surface area contributed by atoms with E-state index < -0.39 is 6.10 Å². The van der Waals surface area contributed by atoms with E-state index in [1.54, 1.807) is 31.2 Å². The van der Waals surface area contributed by atoms with Crippen LogP contribution in [0.1, 0.15) is 22.8 Å². The number of carbonyl (C=O) groups is 2. The number of Topliss-reactive ketones (excluding diaryl/α,β-unsaturated/α-hetero) is 1. The molecule has 6 heteroatoms. The van der Waals surface area contributed by atoms with Gasteiger partial charge in [0.05, 0.1) is 6.54 Å². The molecule has 0 aliphatic carbocycles. The molecule has 0 fully saturated rings. The average Bonchev–Trinajstić information content (AvgIpc) is 2.53. The van der Waals surface area contributed by atoms with Crippen molar-refractivity contribution in [1.82, 2.24) is 4.98 Å². The summed E-state index contributed by atoms with van der Waals surface area (Å²) < 4.78 is 5.51. The molecule has 1 aromatic carbocycles. The zero-order valence-electron chi connectivity index (χ0n) is 12.9. The topological polar surface area (TPSA) is 85.5 Å². The van der Waals surface area contributed by atoms with Gasteiger partial charge in [0.25, 0.3) is 5.91 Å². The van der Waals surface area contributed by atoms with Gasteiger partial charge in [-0.25, -0.2) is 4.98 Å². The lowest BCUT2D eigenvalue weighted by Gasteiger charge is -2.31. The minimum absolute atomic E-state index is 0.0982. The summed E-state index contributed by atoms with van der Waals surface area (Å²) in [5.74, 6) is 0.526. The van der Waals surface area contributed by atoms with Gasteiger partial charge in [-0.05, 0) is 26.0 Å². The van der Waals surface area contributed by atoms with Crippen LogP contribution in [0.15, 0.2) is 36.4 Å². The number of carbonyl (C=O) groups excluding carboxylic acids is 2. The van der Waals surface area contributed by atoms with Crippen molar-refractivity contribution in [2.24, 2.45) is 0 Å². The summed E-state index contributed by atoms with van der Waals surface area (Å²) in [6.07, 6.45) is -0.668. The van der Waals surface area contributed by atoms with Gasteiger partial charge in [-0.2, -0.15) is 0 Å². The Kier molecular flexibility index (Phi) is 3.73. The van der Waals surface area contributed by atoms with E-state index in [0.717, 1.165) is 5.56 Å². The molecule has 1 aromatic heterocycles. The second-order valence-electron chi connectivity index (χ2n) is 5.53. The lowest BCUT2D eigenvalue weighted by molar-refractivity contribution is -0.125. The third-order valence-corrected chi connectivity index (χ3v) is 3.71. The van der Waals surface area contributed by atoms with Crippen molar-refractivity contribution in [3.05, 3.63) is 47.5 Å². The number of ether oxygens (including phenoxy) is 1. The molecule has 3 rings (SSSR count). The zero-order chi connectivity index (χ0) is 16.6. The van der Waals surface area contributed by atoms with E-state index in [1.807, 2.05) is 19.1 Å². The van der Waals surface area contributed by atoms with Crippen molar-refractivity contribution in [3.63, 3.8) is 0 Å². The van der Waals surface area contributed by atoms with Gasteiger partial charge >= 0.3 is 0 Å². The third-order valence-electron chi connectivity index (χ3n) is 3.71. The second-order valence-corrected chi connectivity index (χ2v) is 5.53. The van der Waals surface area contributed by atoms with E-state index >= 15 is 0 Å². The van der Waals surface area contributed by atoms with E-state index in [4.69, 9.17) is 10.5 Å². The number of ketones is 1. The van der Waals surface area contributed by atoms with Crippen LogP contribution < -0.4 is 15.4 Å². The Morgan fingerprint density at radius 2 is 1.96 bits per heavy atom. The maximum atomic E-state index is 12.5. The van der Waals surface area contributed by atoms with Crippen molar-refractivity contribution < 1.29 is 14.3 Å². The molecule has 0 bridgehead atoms. The zero-order valence-corrected chi connectivity index (χ0v) is 12.9. The molecule has 118 valence electrons. The highest BCUT2D eigenvalue weighted by molar-refractivity contribution is 6.07. The molecule has 1 aliphatic heterocycles. The number of aromatic nitrogens is 1. The number of benzene rings is 1. The second kappa shape index (κ2) is 5.72. The number of pyridine rings is 1. The predicted molar refractivity (Wildman–Crippen MR) is 86.6 cm³/mol. The minimum Gasteiger partial charge on any atom is -0.477 e. The fourth-order valence-electron chi connectivity index (χ4n) is 2.43. The first-order chi connectivity index (χ1) is 11.0. The van der Waals surface area contributed by atoms with Gasteiger partial charge in [0.2, 0.25) is 0 Å². The molecular formula is C17H17N3O3. The Labute approximate surface area is 133 Å². The Hall–Kier alpha value is -2.89. The smallest absolute Gasteiger partial charge is 0.269 e. The fraction of sp³-hybridized carbons (Fsp3) is 0.235. The summed E-state index contributed by atoms with van der Waals surface area (Å²) in [5, 5.41) is 0. The Balaban J connectivity index is 1.92. The molecule has 2 aromatic rings. The molecule has 2 N–H and O–H groups in total. The van der Waals surface area contributed by atoms with E-state index in [2.05, 4.69) is 4.98 Å². The predicted octanol–water partition coefficient (Wildman–Crippen LogP) is 1.97. The van der Waals surface area contributed by atoms with Gasteiger partial charge in [0.15, 0.2) is 23.5 Å². The van der Waals surface area contributed by atoms with Gasteiger partial charge in [0.1, 0.15) is 5.82 Å². The summed E-state index contributed by atoms with van der Waals surface area (Å²) in [6.45, 7) is 3.49. The SMILES string of the molecule is Cc1ccc(C(=O)CN2C(=O)C(C)Oc3ccc(N)nc32)cc1. The van der Waals surface area contributed by atoms with Gasteiger partial charge in [-0.1, -0.05) is 29.8 Å². The number of aryl methyl sites for hydroxylation is 1. The Bertz CT molecular complexity index is 771. The first-order valence-electron chi connectivity index (χ1n) is 7.30. The molecule has 1 amide bonds. The maximum absolute atomic E-state index is 12.5. The maximum Gasteiger partial charge on any atom is 0.269 e. The Morgan fingerprint density at radius 3 is 2.65 bits per heavy atom. The van der Waals surface area contributed by atoms with Crippen molar-refractivity contribution >= 4 is 23.3 Å². The quantitative estimate of drug-likeness (QED) is 0.876. The first-order valence-corrected chi connectivity index (χ1v) is 7.30. The highest BCUT2D eigenvalue weighted by Crippen LogP contribution is 2.32. The number of anilines is 2. The van der Waals surface area contributed by atoms with Gasteiger partial charge in [-0.15, -0.1) is 0 Å². The number of rotatable bonds is 3. The summed E-state index contributed by atoms with van der Waals surface area (Å²) >= 11 is 0. The number of nitrogen functional groups attached to an aromatic ring is 1. The molecule has 0 radical (unpaired) electrons. The van der Waals surface area contributed by atoms with Gasteiger partial charge in [-0.3, -0.25) is 14.5 Å². The molecule has 1 unspecified atom stereocenters. The molecule has 1 aliphatic rings. The number of amides is 1. The van der Waals surface area contributed by atoms with Crippen molar-refractivity contribution in [3.8, 4) is 5.75 Å². The fourth-order valence-corrected chi connectivity index (χ4v) is 2.43. The monoisotopic (exact) mass is 311 g/mol. The van der Waals surface area contributed by atoms with Crippen LogP contribution in [0, 0.1) is 6.92 Å². The molecule has 2 heterocycles. The minimum atomic E-state index is -0.668. The van der Waals surface area contributed by atoms with Crippen LogP contribution in [0.3, 0.4) is 0 Å². The Morgan fingerprint density at radius 1 is 1.26 bits per heavy atom. The highest BCUT2D eigenvalue weighted by Gasteiger charge is 2.34. The van der Waals surface area contributed by atoms with Crippen LogP contribution >= 0.6 is 0 Å². The molecule has 0 spiro atoms. The van der Waals surface area contributed by atoms with Crippen LogP contribution in [0.25, 0.3) is 0 Å². The molecule has 6 nitrogen and oxygen atoms in total. The van der Waals surface area contributed by atoms with E-state index in [9.17, 15) is 9.59 Å². The average molecular weight is 311 g/mol. The largest absolute Gasteiger partial charge is 0.477 e. The standard InChI is InChI=1S/C17H17N3O3/c1-10-3-5-12(6-4-10)13(21)9-20-16-14(7-8-15(18)19-16)23-11(2)17(20)22/h3-8,11H,9H2,1-2H3,(H2,18,19). The summed E-state index contributed by atoms with van der Waals surface area (Å²) in [6, 6.07) is 10.5. The van der Waals surface area contributed by atoms with Crippen LogP contribution in [0.4, 0.5) is 11.6 Å². The lowest BCUT2D eigenvalue weighted by Crippen LogP contribution is -2.47. The normalized spacial score (nSPS) is 16.7. The number of hydrogen-bond donors (Lipinski definition) is 1. The third kappa shape index (κ3) is 2.88. The molecule has 0 saturated heterocycles. The van der Waals surface area contributed by atoms with Gasteiger partial charge < -0.3 is 10.5 Å². The lowest BCUT2D eigenvalue weighted by atomic mass is 10.1. The molecule has 1 atom stereocenters. The molecule has 0 saturated carbocycles. The van der Waals surface area contributed by atoms with Gasteiger partial charge in [0, 0.05) is 5.56 Å². The van der Waals surface area contributed by atoms with Crippen molar-refractivity contribution in [2.45, 2.75) is 20.0 Å². The van der Waals surface area contributed by atoms with Crippen molar-refractivity contribution in [1.29, 1.82) is 0 Å². The number of nitrogens with zero attached hydrogens (tertiary/aromatic N) is 2. The highest BCUT2D eigenvalue weighted by atomic mass is 16.5. The van der Waals surface area contributed by atoms with Crippen LogP contribution in [0.2, 0.25) is 0 Å². The first kappa shape index (κ1) is 15.0. The van der Waals surface area contributed by atoms with Crippen LogP contribution in [-0.4, -0.2) is 29.3 Å². The number of fused-ring (bicyclic) bond motifs is 1. The van der Waals surface area contributed by atoms with E-state index in [1.165, 1.54) is 4.90 Å². The summed E-state index contributed by atoms with van der Waals surface area (Å²) in [5.41, 5.74) is 7.31. The summed E-state index contributed by atoms with van der Waals surface area (Å²) in [7, 11) is 0. The number of hydrogen-bond acceptors (Lipinski definition) is 5. The summed E-state index contributed by atoms with van der Waals surface area (Å²) in [4.78, 5) is 30.3. The molecule has 23 heavy (non-hydrogen) atoms. The van der Waals surface area contributed by atoms with Crippen LogP contribution in [0.5, 0.6) is 5.75 Å². The number of nitrogens with two attached hydrogens (primary N) is 1.